The number of aryl methyl sites for hydroxylation is 1. The monoisotopic (exact) mass is 454 g/mol. The standard InChI is InChI=1S/C24H26F4O4/c1-14-11-16(5-8-19(14)30)23(25,26)32-20-9-7-18(12-15(20)2)31-24(27,28)21-10-6-17(29)13-22(21,3)4/h5-10,12,14,29-30H,11,13H2,1-4H3. The van der Waals surface area contributed by atoms with Gasteiger partial charge in [0.2, 0.25) is 0 Å². The van der Waals surface area contributed by atoms with E-state index >= 15 is 0 Å². The summed E-state index contributed by atoms with van der Waals surface area (Å²) in [5, 5.41) is 19.2. The summed E-state index contributed by atoms with van der Waals surface area (Å²) < 4.78 is 68.8. The molecule has 174 valence electrons. The van der Waals surface area contributed by atoms with E-state index in [9.17, 15) is 27.8 Å². The molecule has 4 nitrogen and oxygen atoms in total. The summed E-state index contributed by atoms with van der Waals surface area (Å²) in [4.78, 5) is 0. The van der Waals surface area contributed by atoms with Crippen LogP contribution in [0.15, 0.2) is 65.2 Å². The number of aliphatic hydroxyl groups is 2. The highest BCUT2D eigenvalue weighted by molar-refractivity contribution is 5.41. The van der Waals surface area contributed by atoms with Gasteiger partial charge in [0.25, 0.3) is 0 Å². The molecule has 0 fully saturated rings. The first kappa shape index (κ1) is 23.8. The third kappa shape index (κ3) is 4.95. The highest BCUT2D eigenvalue weighted by atomic mass is 19.3. The number of allylic oxidation sites excluding steroid dienone is 6. The Hall–Kier alpha value is -2.90. The first-order valence-electron chi connectivity index (χ1n) is 10.2. The minimum absolute atomic E-state index is 0.000928. The van der Waals surface area contributed by atoms with Crippen LogP contribution in [-0.2, 0) is 0 Å². The maximum absolute atomic E-state index is 14.8. The normalized spacial score (nSPS) is 21.2. The van der Waals surface area contributed by atoms with E-state index in [1.807, 2.05) is 0 Å². The van der Waals surface area contributed by atoms with Gasteiger partial charge in [-0.2, -0.15) is 17.6 Å². The van der Waals surface area contributed by atoms with Gasteiger partial charge in [0.05, 0.1) is 11.5 Å². The lowest BCUT2D eigenvalue weighted by atomic mass is 9.77. The molecule has 0 saturated carbocycles. The summed E-state index contributed by atoms with van der Waals surface area (Å²) >= 11 is 0. The maximum Gasteiger partial charge on any atom is 0.423 e. The Labute approximate surface area is 184 Å². The van der Waals surface area contributed by atoms with Crippen molar-refractivity contribution in [3.8, 4) is 11.5 Å². The second kappa shape index (κ2) is 8.22. The van der Waals surface area contributed by atoms with E-state index < -0.39 is 23.6 Å². The van der Waals surface area contributed by atoms with E-state index in [2.05, 4.69) is 0 Å². The fourth-order valence-electron chi connectivity index (χ4n) is 3.78. The van der Waals surface area contributed by atoms with Crippen LogP contribution in [0.3, 0.4) is 0 Å². The Morgan fingerprint density at radius 1 is 0.969 bits per heavy atom. The van der Waals surface area contributed by atoms with Crippen molar-refractivity contribution in [2.75, 3.05) is 0 Å². The van der Waals surface area contributed by atoms with Crippen molar-refractivity contribution in [2.24, 2.45) is 11.3 Å². The van der Waals surface area contributed by atoms with Crippen molar-refractivity contribution < 1.29 is 37.2 Å². The molecule has 0 heterocycles. The summed E-state index contributed by atoms with van der Waals surface area (Å²) in [5.41, 5.74) is -1.44. The van der Waals surface area contributed by atoms with Gasteiger partial charge in [-0.05, 0) is 61.4 Å². The van der Waals surface area contributed by atoms with E-state index in [1.165, 1.54) is 25.1 Å². The SMILES string of the molecule is Cc1cc(OC(F)(F)C2=CC=C(O)CC2(C)C)ccc1OC(F)(F)C1=CC=C(O)C(C)C1. The van der Waals surface area contributed by atoms with E-state index in [0.717, 1.165) is 24.3 Å². The molecule has 1 aromatic carbocycles. The molecule has 8 heteroatoms. The van der Waals surface area contributed by atoms with Gasteiger partial charge in [0, 0.05) is 28.9 Å². The summed E-state index contributed by atoms with van der Waals surface area (Å²) in [6, 6.07) is 3.49. The number of aliphatic hydroxyl groups excluding tert-OH is 2. The average Bonchev–Trinajstić information content (AvgIpc) is 2.64. The molecule has 0 spiro atoms. The van der Waals surface area contributed by atoms with Crippen LogP contribution in [0, 0.1) is 18.3 Å². The summed E-state index contributed by atoms with van der Waals surface area (Å²) in [6.07, 6.45) is -2.66. The third-order valence-electron chi connectivity index (χ3n) is 5.60. The zero-order valence-electron chi connectivity index (χ0n) is 18.3. The Balaban J connectivity index is 1.78. The average molecular weight is 454 g/mol. The number of benzene rings is 1. The van der Waals surface area contributed by atoms with E-state index in [0.29, 0.717) is 0 Å². The second-order valence-corrected chi connectivity index (χ2v) is 8.85. The molecule has 2 N–H and O–H groups in total. The smallest absolute Gasteiger partial charge is 0.423 e. The molecule has 0 aliphatic heterocycles. The molecule has 0 aromatic heterocycles. The highest BCUT2D eigenvalue weighted by Gasteiger charge is 2.46. The predicted molar refractivity (Wildman–Crippen MR) is 112 cm³/mol. The quantitative estimate of drug-likeness (QED) is 0.449. The van der Waals surface area contributed by atoms with Crippen LogP contribution in [0.5, 0.6) is 11.5 Å². The second-order valence-electron chi connectivity index (χ2n) is 8.85. The number of hydrogen-bond acceptors (Lipinski definition) is 4. The van der Waals surface area contributed by atoms with Gasteiger partial charge in [0.1, 0.15) is 11.5 Å². The Kier molecular flexibility index (Phi) is 6.10. The minimum atomic E-state index is -3.67. The summed E-state index contributed by atoms with van der Waals surface area (Å²) in [6.45, 7) is 6.20. The number of alkyl halides is 4. The Morgan fingerprint density at radius 2 is 1.66 bits per heavy atom. The van der Waals surface area contributed by atoms with Gasteiger partial charge in [-0.25, -0.2) is 0 Å². The minimum Gasteiger partial charge on any atom is -0.512 e. The fraction of sp³-hybridized carbons (Fsp3) is 0.417. The third-order valence-corrected chi connectivity index (χ3v) is 5.60. The molecule has 1 aromatic rings. The van der Waals surface area contributed by atoms with Crippen molar-refractivity contribution in [3.63, 3.8) is 0 Å². The molecule has 1 unspecified atom stereocenters. The molecule has 2 aliphatic rings. The lowest BCUT2D eigenvalue weighted by Gasteiger charge is -2.34. The number of halogens is 4. The van der Waals surface area contributed by atoms with Crippen molar-refractivity contribution in [2.45, 2.75) is 52.8 Å². The molecular weight excluding hydrogens is 428 g/mol. The topological polar surface area (TPSA) is 58.9 Å². The van der Waals surface area contributed by atoms with Gasteiger partial charge in [-0.15, -0.1) is 0 Å². The van der Waals surface area contributed by atoms with Crippen LogP contribution in [0.2, 0.25) is 0 Å². The highest BCUT2D eigenvalue weighted by Crippen LogP contribution is 2.45. The molecule has 0 amide bonds. The van der Waals surface area contributed by atoms with Gasteiger partial charge >= 0.3 is 12.2 Å². The lowest BCUT2D eigenvalue weighted by Crippen LogP contribution is -2.36. The largest absolute Gasteiger partial charge is 0.512 e. The van der Waals surface area contributed by atoms with Crippen molar-refractivity contribution in [1.29, 1.82) is 0 Å². The zero-order valence-corrected chi connectivity index (χ0v) is 18.3. The molecular formula is C24H26F4O4. The van der Waals surface area contributed by atoms with Crippen LogP contribution in [0.25, 0.3) is 0 Å². The molecule has 3 rings (SSSR count). The van der Waals surface area contributed by atoms with Crippen LogP contribution < -0.4 is 9.47 Å². The summed E-state index contributed by atoms with van der Waals surface area (Å²) in [5.74, 6) is -0.829. The van der Waals surface area contributed by atoms with Crippen LogP contribution in [0.4, 0.5) is 17.6 Å². The van der Waals surface area contributed by atoms with Crippen LogP contribution in [-0.4, -0.2) is 22.4 Å². The molecule has 2 aliphatic carbocycles. The molecule has 1 atom stereocenters. The van der Waals surface area contributed by atoms with Crippen molar-refractivity contribution in [3.05, 3.63) is 70.7 Å². The molecule has 0 radical (unpaired) electrons. The van der Waals surface area contributed by atoms with Crippen molar-refractivity contribution in [1.82, 2.24) is 0 Å². The molecule has 0 saturated heterocycles. The first-order valence-corrected chi connectivity index (χ1v) is 10.2. The van der Waals surface area contributed by atoms with E-state index in [4.69, 9.17) is 9.47 Å². The van der Waals surface area contributed by atoms with Crippen molar-refractivity contribution >= 4 is 0 Å². The first-order chi connectivity index (χ1) is 14.7. The van der Waals surface area contributed by atoms with E-state index in [-0.39, 0.29) is 52.6 Å². The molecule has 0 bridgehead atoms. The number of hydrogen-bond donors (Lipinski definition) is 2. The maximum atomic E-state index is 14.8. The fourth-order valence-corrected chi connectivity index (χ4v) is 3.78. The van der Waals surface area contributed by atoms with Gasteiger partial charge < -0.3 is 19.7 Å². The van der Waals surface area contributed by atoms with Gasteiger partial charge in [0.15, 0.2) is 0 Å². The Bertz CT molecular complexity index is 1020. The zero-order chi connectivity index (χ0) is 23.9. The molecule has 32 heavy (non-hydrogen) atoms. The van der Waals surface area contributed by atoms with Crippen LogP contribution >= 0.6 is 0 Å². The van der Waals surface area contributed by atoms with E-state index in [1.54, 1.807) is 20.8 Å². The lowest BCUT2D eigenvalue weighted by molar-refractivity contribution is -0.154. The summed E-state index contributed by atoms with van der Waals surface area (Å²) in [7, 11) is 0. The van der Waals surface area contributed by atoms with Gasteiger partial charge in [-0.3, -0.25) is 0 Å². The number of rotatable bonds is 6. The Morgan fingerprint density at radius 3 is 2.25 bits per heavy atom. The number of ether oxygens (including phenoxy) is 2. The predicted octanol–water partition coefficient (Wildman–Crippen LogP) is 7.14. The van der Waals surface area contributed by atoms with Crippen LogP contribution in [0.1, 0.15) is 39.2 Å². The van der Waals surface area contributed by atoms with Gasteiger partial charge in [-0.1, -0.05) is 20.8 Å².